The maximum atomic E-state index is 13.4. The summed E-state index contributed by atoms with van der Waals surface area (Å²) >= 11 is 5.90. The van der Waals surface area contributed by atoms with Gasteiger partial charge in [0.2, 0.25) is 5.91 Å². The maximum Gasteiger partial charge on any atom is 0.242 e. The molecule has 3 fully saturated rings. The molecule has 2 aliphatic heterocycles. The van der Waals surface area contributed by atoms with Crippen molar-refractivity contribution in [1.82, 2.24) is 10.6 Å². The van der Waals surface area contributed by atoms with Crippen molar-refractivity contribution in [2.24, 2.45) is 0 Å². The number of halogens is 1. The smallest absolute Gasteiger partial charge is 0.242 e. The number of hydrogen-bond acceptors (Lipinski definition) is 4. The van der Waals surface area contributed by atoms with Crippen LogP contribution in [-0.2, 0) is 14.6 Å². The van der Waals surface area contributed by atoms with E-state index in [0.29, 0.717) is 29.9 Å². The van der Waals surface area contributed by atoms with Crippen LogP contribution in [-0.4, -0.2) is 37.2 Å². The molecule has 0 spiro atoms. The van der Waals surface area contributed by atoms with E-state index in [-0.39, 0.29) is 16.8 Å². The minimum Gasteiger partial charge on any atom is -0.352 e. The highest BCUT2D eigenvalue weighted by atomic mass is 35.5. The molecule has 1 aromatic carbocycles. The van der Waals surface area contributed by atoms with E-state index in [2.05, 4.69) is 10.6 Å². The Balaban J connectivity index is 1.59. The topological polar surface area (TPSA) is 75.3 Å². The van der Waals surface area contributed by atoms with Gasteiger partial charge in [-0.05, 0) is 62.8 Å². The SMILES string of the molecule is O=C(NC1CC2CCC(C1)N2)C1(S(=O)(=O)c2ccc(Cl)cc2)CCCC1. The minimum atomic E-state index is -3.76. The second-order valence-corrected chi connectivity index (χ2v) is 10.6. The Morgan fingerprint density at radius 1 is 1.08 bits per heavy atom. The summed E-state index contributed by atoms with van der Waals surface area (Å²) in [4.78, 5) is 13.4. The highest BCUT2D eigenvalue weighted by Crippen LogP contribution is 2.41. The van der Waals surface area contributed by atoms with Crippen LogP contribution in [0.5, 0.6) is 0 Å². The first-order valence-corrected chi connectivity index (χ1v) is 11.3. The summed E-state index contributed by atoms with van der Waals surface area (Å²) in [5.41, 5.74) is 0. The third-order valence-electron chi connectivity index (χ3n) is 6.27. The van der Waals surface area contributed by atoms with Gasteiger partial charge in [-0.15, -0.1) is 0 Å². The van der Waals surface area contributed by atoms with Crippen LogP contribution in [0.2, 0.25) is 5.02 Å². The summed E-state index contributed by atoms with van der Waals surface area (Å²) in [5.74, 6) is -0.309. The molecule has 5 nitrogen and oxygen atoms in total. The van der Waals surface area contributed by atoms with Gasteiger partial charge in [0.15, 0.2) is 14.6 Å². The lowest BCUT2D eigenvalue weighted by molar-refractivity contribution is -0.124. The van der Waals surface area contributed by atoms with E-state index >= 15 is 0 Å². The Labute approximate surface area is 159 Å². The Hall–Kier alpha value is -1.11. The number of carbonyl (C=O) groups excluding carboxylic acids is 1. The maximum absolute atomic E-state index is 13.4. The van der Waals surface area contributed by atoms with Gasteiger partial charge in [0.05, 0.1) is 4.90 Å². The van der Waals surface area contributed by atoms with E-state index in [1.807, 2.05) is 0 Å². The van der Waals surface area contributed by atoms with Gasteiger partial charge in [-0.3, -0.25) is 4.79 Å². The van der Waals surface area contributed by atoms with Crippen molar-refractivity contribution >= 4 is 27.3 Å². The predicted octanol–water partition coefficient (Wildman–Crippen LogP) is 2.83. The lowest BCUT2D eigenvalue weighted by Gasteiger charge is -2.34. The summed E-state index contributed by atoms with van der Waals surface area (Å²) < 4.78 is 25.4. The molecule has 0 radical (unpaired) electrons. The zero-order valence-corrected chi connectivity index (χ0v) is 16.3. The zero-order chi connectivity index (χ0) is 18.4. The number of nitrogens with one attached hydrogen (secondary N) is 2. The van der Waals surface area contributed by atoms with Crippen molar-refractivity contribution in [1.29, 1.82) is 0 Å². The molecule has 2 unspecified atom stereocenters. The molecule has 2 atom stereocenters. The van der Waals surface area contributed by atoms with Crippen molar-refractivity contribution < 1.29 is 13.2 Å². The molecule has 1 amide bonds. The number of benzene rings is 1. The molecule has 2 heterocycles. The summed E-state index contributed by atoms with van der Waals surface area (Å²) in [6, 6.07) is 7.13. The number of sulfone groups is 1. The number of amides is 1. The van der Waals surface area contributed by atoms with Crippen molar-refractivity contribution in [3.8, 4) is 0 Å². The molecule has 0 aromatic heterocycles. The van der Waals surface area contributed by atoms with E-state index in [1.54, 1.807) is 12.1 Å². The summed E-state index contributed by atoms with van der Waals surface area (Å²) in [5, 5.41) is 7.14. The van der Waals surface area contributed by atoms with Crippen LogP contribution in [0.25, 0.3) is 0 Å². The first-order chi connectivity index (χ1) is 12.4. The zero-order valence-electron chi connectivity index (χ0n) is 14.7. The molecule has 26 heavy (non-hydrogen) atoms. The largest absolute Gasteiger partial charge is 0.352 e. The van der Waals surface area contributed by atoms with E-state index in [1.165, 1.54) is 12.1 Å². The van der Waals surface area contributed by atoms with Gasteiger partial charge < -0.3 is 10.6 Å². The molecule has 1 saturated carbocycles. The molecule has 142 valence electrons. The number of piperidine rings is 1. The highest BCUT2D eigenvalue weighted by molar-refractivity contribution is 7.93. The minimum absolute atomic E-state index is 0.0687. The first-order valence-electron chi connectivity index (χ1n) is 9.48. The average molecular weight is 397 g/mol. The van der Waals surface area contributed by atoms with Crippen LogP contribution < -0.4 is 10.6 Å². The van der Waals surface area contributed by atoms with Gasteiger partial charge in [0.25, 0.3) is 0 Å². The first kappa shape index (κ1) is 18.3. The van der Waals surface area contributed by atoms with E-state index in [0.717, 1.165) is 38.5 Å². The second-order valence-electron chi connectivity index (χ2n) is 7.94. The molecule has 1 aromatic rings. The molecular formula is C19H25ClN2O3S. The lowest BCUT2D eigenvalue weighted by Crippen LogP contribution is -2.56. The van der Waals surface area contributed by atoms with Gasteiger partial charge in [-0.1, -0.05) is 24.4 Å². The van der Waals surface area contributed by atoms with Gasteiger partial charge in [-0.2, -0.15) is 0 Å². The average Bonchev–Trinajstić information content (AvgIpc) is 3.23. The fourth-order valence-electron chi connectivity index (χ4n) is 4.90. The Morgan fingerprint density at radius 3 is 2.23 bits per heavy atom. The highest BCUT2D eigenvalue weighted by Gasteiger charge is 2.53. The van der Waals surface area contributed by atoms with Crippen molar-refractivity contribution in [2.75, 3.05) is 0 Å². The van der Waals surface area contributed by atoms with Gasteiger partial charge >= 0.3 is 0 Å². The van der Waals surface area contributed by atoms with Crippen molar-refractivity contribution in [2.45, 2.75) is 79.1 Å². The summed E-state index contributed by atoms with van der Waals surface area (Å²) in [6.45, 7) is 0. The van der Waals surface area contributed by atoms with Gasteiger partial charge in [0.1, 0.15) is 0 Å². The number of carbonyl (C=O) groups is 1. The third kappa shape index (κ3) is 3.06. The third-order valence-corrected chi connectivity index (χ3v) is 9.04. The number of rotatable bonds is 4. The summed E-state index contributed by atoms with van der Waals surface area (Å²) in [7, 11) is -3.76. The molecule has 1 aliphatic carbocycles. The number of fused-ring (bicyclic) bond motifs is 2. The second kappa shape index (κ2) is 6.80. The van der Waals surface area contributed by atoms with E-state index < -0.39 is 14.6 Å². The van der Waals surface area contributed by atoms with Crippen molar-refractivity contribution in [3.05, 3.63) is 29.3 Å². The molecule has 2 bridgehead atoms. The molecule has 2 N–H and O–H groups in total. The Bertz CT molecular complexity index is 776. The monoisotopic (exact) mass is 396 g/mol. The van der Waals surface area contributed by atoms with Crippen LogP contribution in [0.3, 0.4) is 0 Å². The molecule has 7 heteroatoms. The standard InChI is InChI=1S/C19H25ClN2O3S/c20-13-3-7-17(8-4-13)26(24,25)19(9-1-2-10-19)18(23)22-16-11-14-5-6-15(12-16)21-14/h3-4,7-8,14-16,21H,1-2,5-6,9-12H2,(H,22,23). The van der Waals surface area contributed by atoms with E-state index in [4.69, 9.17) is 11.6 Å². The van der Waals surface area contributed by atoms with Gasteiger partial charge in [-0.25, -0.2) is 8.42 Å². The summed E-state index contributed by atoms with van der Waals surface area (Å²) in [6.07, 6.45) is 6.37. The van der Waals surface area contributed by atoms with Crippen LogP contribution in [0, 0.1) is 0 Å². The molecule has 4 rings (SSSR count). The van der Waals surface area contributed by atoms with Crippen LogP contribution in [0.4, 0.5) is 0 Å². The Morgan fingerprint density at radius 2 is 1.65 bits per heavy atom. The van der Waals surface area contributed by atoms with Crippen LogP contribution in [0.15, 0.2) is 29.2 Å². The van der Waals surface area contributed by atoms with Crippen LogP contribution in [0.1, 0.15) is 51.4 Å². The fourth-order valence-corrected chi connectivity index (χ4v) is 7.10. The molecular weight excluding hydrogens is 372 g/mol. The Kier molecular flexibility index (Phi) is 4.78. The van der Waals surface area contributed by atoms with Crippen molar-refractivity contribution in [3.63, 3.8) is 0 Å². The fraction of sp³-hybridized carbons (Fsp3) is 0.632. The number of hydrogen-bond donors (Lipinski definition) is 2. The molecule has 3 aliphatic rings. The van der Waals surface area contributed by atoms with Gasteiger partial charge in [0, 0.05) is 23.1 Å². The normalized spacial score (nSPS) is 30.3. The predicted molar refractivity (Wildman–Crippen MR) is 101 cm³/mol. The van der Waals surface area contributed by atoms with E-state index in [9.17, 15) is 13.2 Å². The lowest BCUT2D eigenvalue weighted by atomic mass is 9.98. The van der Waals surface area contributed by atoms with Crippen LogP contribution >= 0.6 is 11.6 Å². The molecule has 2 saturated heterocycles. The quantitative estimate of drug-likeness (QED) is 0.820.